The average molecular weight is 615 g/mol. The fraction of sp³-hybridized carbons (Fsp3) is 0.667. The Morgan fingerprint density at radius 3 is 2.66 bits per heavy atom. The van der Waals surface area contributed by atoms with Crippen molar-refractivity contribution in [3.8, 4) is 0 Å². The third-order valence-electron chi connectivity index (χ3n) is 7.18. The van der Waals surface area contributed by atoms with Crippen LogP contribution < -0.4 is 21.7 Å². The monoisotopic (exact) mass is 614 g/mol. The van der Waals surface area contributed by atoms with Gasteiger partial charge in [0, 0.05) is 31.2 Å². The lowest BCUT2D eigenvalue weighted by Gasteiger charge is -2.43. The summed E-state index contributed by atoms with van der Waals surface area (Å²) in [4.78, 5) is 48.0. The summed E-state index contributed by atoms with van der Waals surface area (Å²) in [5.74, 6) is -3.04. The number of carbonyl (C=O) groups is 3. The third-order valence-corrected chi connectivity index (χ3v) is 9.01. The number of hydrogen-bond acceptors (Lipinski definition) is 14. The van der Waals surface area contributed by atoms with Crippen LogP contribution in [0.15, 0.2) is 16.3 Å². The normalized spacial score (nSPS) is 26.3. The first kappa shape index (κ1) is 29.2. The lowest BCUT2D eigenvalue weighted by Crippen LogP contribution is -2.73. The van der Waals surface area contributed by atoms with Crippen LogP contribution >= 0.6 is 11.8 Å². The molecule has 1 aromatic rings. The van der Waals surface area contributed by atoms with Crippen LogP contribution in [0.3, 0.4) is 0 Å². The minimum absolute atomic E-state index is 0.181. The van der Waals surface area contributed by atoms with E-state index >= 15 is 0 Å². The van der Waals surface area contributed by atoms with Gasteiger partial charge in [0.1, 0.15) is 18.1 Å². The van der Waals surface area contributed by atoms with Gasteiger partial charge in [-0.2, -0.15) is 23.4 Å². The maximum atomic E-state index is 13.3. The smallest absolute Gasteiger partial charge is 0.362 e. The van der Waals surface area contributed by atoms with Gasteiger partial charge < -0.3 is 31.6 Å². The Bertz CT molecular complexity index is 1370. The van der Waals surface area contributed by atoms with Crippen LogP contribution in [-0.2, 0) is 42.6 Å². The second-order valence-corrected chi connectivity index (χ2v) is 12.4. The molecule has 4 aliphatic rings. The highest BCUT2D eigenvalue weighted by Crippen LogP contribution is 2.40. The molecule has 7 N–H and O–H groups in total. The Balaban J connectivity index is 1.29. The topological polar surface area (TPSA) is 256 Å². The van der Waals surface area contributed by atoms with Gasteiger partial charge in [-0.05, 0) is 25.9 Å². The van der Waals surface area contributed by atoms with Crippen LogP contribution in [-0.4, -0.2) is 115 Å². The number of amides is 2. The zero-order valence-corrected chi connectivity index (χ0v) is 23.3. The van der Waals surface area contributed by atoms with Crippen LogP contribution in [0.1, 0.15) is 31.4 Å². The van der Waals surface area contributed by atoms with E-state index in [1.807, 2.05) is 0 Å². The average Bonchev–Trinajstić information content (AvgIpc) is 3.39. The number of oxime groups is 1. The van der Waals surface area contributed by atoms with Crippen molar-refractivity contribution in [1.29, 1.82) is 0 Å². The Labute approximate surface area is 238 Å². The standard InChI is InChI=1S/C21H30N10O8S2/c22-20-26-13(10-40-20)15(29-39-21(3-4-21)19(34)35)17(32)27-16-14(31(18(16)33)41(36,37)38)9-30-25-8-12(28-30)7-24-11-1-5-23-6-2-11/h8,11,13-14,16,23-24H,1-7,9-10H2,(H2,22,26)(H,27,32)(H,34,35)(H,36,37,38)/b29-15-/t13?,14-,16+/m1/s1. The van der Waals surface area contributed by atoms with Crippen LogP contribution in [0.5, 0.6) is 0 Å². The zero-order chi connectivity index (χ0) is 29.4. The number of piperidine rings is 1. The summed E-state index contributed by atoms with van der Waals surface area (Å²) in [5.41, 5.74) is 4.43. The Morgan fingerprint density at radius 1 is 1.32 bits per heavy atom. The van der Waals surface area contributed by atoms with Gasteiger partial charge in [0.15, 0.2) is 10.9 Å². The highest BCUT2D eigenvalue weighted by molar-refractivity contribution is 8.14. The molecule has 5 rings (SSSR count). The number of nitrogens with two attached hydrogens (primary N) is 1. The molecule has 224 valence electrons. The Morgan fingerprint density at radius 2 is 2.05 bits per heavy atom. The van der Waals surface area contributed by atoms with Gasteiger partial charge in [0.25, 0.3) is 11.8 Å². The first-order chi connectivity index (χ1) is 19.5. The predicted molar refractivity (Wildman–Crippen MR) is 143 cm³/mol. The lowest BCUT2D eigenvalue weighted by molar-refractivity contribution is -0.153. The minimum atomic E-state index is -4.96. The van der Waals surface area contributed by atoms with E-state index in [1.54, 1.807) is 0 Å². The van der Waals surface area contributed by atoms with E-state index < -0.39 is 51.8 Å². The summed E-state index contributed by atoms with van der Waals surface area (Å²) in [7, 11) is -4.96. The van der Waals surface area contributed by atoms with Crippen molar-refractivity contribution in [1.82, 2.24) is 35.2 Å². The van der Waals surface area contributed by atoms with Crippen LogP contribution in [0.4, 0.5) is 0 Å². The number of amidine groups is 1. The molecule has 41 heavy (non-hydrogen) atoms. The van der Waals surface area contributed by atoms with Crippen molar-refractivity contribution >= 4 is 50.7 Å². The molecule has 3 fully saturated rings. The number of nitrogens with zero attached hydrogens (tertiary/aromatic N) is 6. The number of carboxylic acids is 1. The Hall–Kier alpha value is -3.33. The molecule has 3 atom stereocenters. The molecule has 0 spiro atoms. The molecule has 20 heteroatoms. The molecule has 1 unspecified atom stereocenters. The molecule has 0 bridgehead atoms. The molecule has 1 saturated carbocycles. The fourth-order valence-electron chi connectivity index (χ4n) is 4.68. The highest BCUT2D eigenvalue weighted by Gasteiger charge is 2.56. The molecule has 1 aromatic heterocycles. The van der Waals surface area contributed by atoms with Crippen molar-refractivity contribution in [3.63, 3.8) is 0 Å². The van der Waals surface area contributed by atoms with E-state index in [4.69, 9.17) is 10.6 Å². The first-order valence-electron chi connectivity index (χ1n) is 12.9. The lowest BCUT2D eigenvalue weighted by atomic mass is 9.98. The van der Waals surface area contributed by atoms with Gasteiger partial charge in [-0.1, -0.05) is 16.9 Å². The maximum absolute atomic E-state index is 13.3. The summed E-state index contributed by atoms with van der Waals surface area (Å²) in [6.07, 6.45) is 3.83. The van der Waals surface area contributed by atoms with E-state index in [2.05, 4.69) is 36.3 Å². The second kappa shape index (κ2) is 11.5. The quantitative estimate of drug-likeness (QED) is 0.0595. The van der Waals surface area contributed by atoms with Crippen molar-refractivity contribution in [3.05, 3.63) is 11.9 Å². The molecule has 2 amide bonds. The van der Waals surface area contributed by atoms with E-state index in [0.29, 0.717) is 18.3 Å². The van der Waals surface area contributed by atoms with E-state index in [9.17, 15) is 32.5 Å². The van der Waals surface area contributed by atoms with Crippen LogP contribution in [0, 0.1) is 0 Å². The minimum Gasteiger partial charge on any atom is -0.478 e. The number of aromatic nitrogens is 3. The van der Waals surface area contributed by atoms with Gasteiger partial charge in [-0.3, -0.25) is 19.1 Å². The summed E-state index contributed by atoms with van der Waals surface area (Å²) in [6.45, 7) is 1.99. The SMILES string of the molecule is NC1=NC(/C(=N/OC2(C(=O)O)CC2)C(=O)N[C@@H]2C(=O)N(S(=O)(=O)O)[C@@H]2Cn2ncc(CNC3CCNCC3)n2)CS1. The summed E-state index contributed by atoms with van der Waals surface area (Å²) in [6, 6.07) is -3.23. The number of carbonyl (C=O) groups excluding carboxylic acids is 2. The number of nitrogens with one attached hydrogen (secondary N) is 3. The van der Waals surface area contributed by atoms with Gasteiger partial charge >= 0.3 is 16.3 Å². The van der Waals surface area contributed by atoms with Gasteiger partial charge in [0.05, 0.1) is 18.4 Å². The van der Waals surface area contributed by atoms with E-state index in [-0.39, 0.29) is 40.3 Å². The maximum Gasteiger partial charge on any atom is 0.362 e. The predicted octanol–water partition coefficient (Wildman–Crippen LogP) is -2.96. The molecule has 2 saturated heterocycles. The van der Waals surface area contributed by atoms with Crippen molar-refractivity contribution in [2.45, 2.75) is 68.5 Å². The van der Waals surface area contributed by atoms with Gasteiger partial charge in [0.2, 0.25) is 5.60 Å². The third kappa shape index (κ3) is 6.45. The number of β-lactam (4-membered cyclic amide) rings is 1. The van der Waals surface area contributed by atoms with Crippen molar-refractivity contribution in [2.75, 3.05) is 18.8 Å². The van der Waals surface area contributed by atoms with Crippen LogP contribution in [0.2, 0.25) is 0 Å². The van der Waals surface area contributed by atoms with Crippen LogP contribution in [0.25, 0.3) is 0 Å². The number of thioether (sulfide) groups is 1. The summed E-state index contributed by atoms with van der Waals surface area (Å²) in [5, 5.41) is 30.9. The molecular weight excluding hydrogens is 584 g/mol. The first-order valence-corrected chi connectivity index (χ1v) is 15.3. The number of carboxylic acid groups (broad SMARTS) is 1. The molecule has 18 nitrogen and oxygen atoms in total. The fourth-order valence-corrected chi connectivity index (χ4v) is 6.32. The molecule has 0 aromatic carbocycles. The zero-order valence-electron chi connectivity index (χ0n) is 21.7. The number of hydrogen-bond donors (Lipinski definition) is 6. The second-order valence-electron chi connectivity index (χ2n) is 10.1. The molecule has 3 aliphatic heterocycles. The number of aliphatic carboxylic acids is 1. The van der Waals surface area contributed by atoms with Crippen molar-refractivity contribution < 1.29 is 37.3 Å². The largest absolute Gasteiger partial charge is 0.478 e. The van der Waals surface area contributed by atoms with Gasteiger partial charge in [-0.25, -0.2) is 9.10 Å². The number of rotatable bonds is 12. The summed E-state index contributed by atoms with van der Waals surface area (Å²) >= 11 is 1.15. The summed E-state index contributed by atoms with van der Waals surface area (Å²) < 4.78 is 33.8. The molecule has 0 radical (unpaired) electrons. The Kier molecular flexibility index (Phi) is 8.19. The molecular formula is C21H30N10O8S2. The number of aliphatic imine (C=N–C) groups is 1. The van der Waals surface area contributed by atoms with Crippen molar-refractivity contribution in [2.24, 2.45) is 15.9 Å². The highest BCUT2D eigenvalue weighted by atomic mass is 32.2. The molecule has 4 heterocycles. The van der Waals surface area contributed by atoms with Gasteiger partial charge in [-0.15, -0.1) is 0 Å². The molecule has 1 aliphatic carbocycles. The van der Waals surface area contributed by atoms with E-state index in [0.717, 1.165) is 37.7 Å². The van der Waals surface area contributed by atoms with E-state index in [1.165, 1.54) is 11.0 Å².